The maximum Gasteiger partial charge on any atom is 0.341 e. The summed E-state index contributed by atoms with van der Waals surface area (Å²) in [4.78, 5) is 26.7. The number of halogens is 2. The average Bonchev–Trinajstić information content (AvgIpc) is 3.42. The third-order valence-electron chi connectivity index (χ3n) is 6.01. The molecule has 1 aliphatic rings. The number of thioether (sulfide) groups is 1. The molecule has 1 amide bonds. The largest absolute Gasteiger partial charge is 0.484 e. The zero-order valence-electron chi connectivity index (χ0n) is 20.6. The number of hydrogen-bond donors (Lipinski definition) is 1. The van der Waals surface area contributed by atoms with E-state index in [-0.39, 0.29) is 18.3 Å². The molecule has 0 saturated carbocycles. The van der Waals surface area contributed by atoms with Crippen LogP contribution in [0.4, 0.5) is 5.00 Å². The molecule has 1 aliphatic carbocycles. The van der Waals surface area contributed by atoms with Gasteiger partial charge in [-0.3, -0.25) is 4.79 Å². The number of carbonyl (C=O) groups is 2. The van der Waals surface area contributed by atoms with Crippen LogP contribution in [0, 0.1) is 0 Å². The number of methoxy groups -OCH3 is 1. The number of aryl methyl sites for hydroxylation is 1. The van der Waals surface area contributed by atoms with E-state index in [0.29, 0.717) is 43.9 Å². The Bertz CT molecular complexity index is 1280. The normalized spacial score (nSPS) is 13.4. The third-order valence-corrected chi connectivity index (χ3v) is 8.73. The Morgan fingerprint density at radius 3 is 2.70 bits per heavy atom. The lowest BCUT2D eigenvalue weighted by Gasteiger charge is -2.11. The molecule has 37 heavy (non-hydrogen) atoms. The van der Waals surface area contributed by atoms with Gasteiger partial charge in [0, 0.05) is 22.5 Å². The lowest BCUT2D eigenvalue weighted by Crippen LogP contribution is -2.17. The van der Waals surface area contributed by atoms with Crippen molar-refractivity contribution in [2.45, 2.75) is 63.8 Å². The number of nitrogens with one attached hydrogen (secondary N) is 1. The monoisotopic (exact) mass is 582 g/mol. The summed E-state index contributed by atoms with van der Waals surface area (Å²) in [7, 11) is 1.37. The number of ether oxygens (including phenoxy) is 2. The van der Waals surface area contributed by atoms with Crippen LogP contribution in [-0.4, -0.2) is 39.5 Å². The molecule has 1 N–H and O–H groups in total. The minimum atomic E-state index is -0.406. The zero-order valence-corrected chi connectivity index (χ0v) is 23.8. The van der Waals surface area contributed by atoms with Gasteiger partial charge in [-0.25, -0.2) is 4.79 Å². The fraction of sp³-hybridized carbons (Fsp3) is 0.440. The summed E-state index contributed by atoms with van der Waals surface area (Å²) in [6.45, 7) is 2.72. The maximum atomic E-state index is 12.9. The van der Waals surface area contributed by atoms with Crippen molar-refractivity contribution < 1.29 is 19.1 Å². The van der Waals surface area contributed by atoms with Crippen molar-refractivity contribution in [3.8, 4) is 5.75 Å². The number of benzene rings is 1. The van der Waals surface area contributed by atoms with Crippen LogP contribution < -0.4 is 10.1 Å². The number of amides is 1. The Morgan fingerprint density at radius 2 is 1.95 bits per heavy atom. The van der Waals surface area contributed by atoms with Crippen molar-refractivity contribution in [1.29, 1.82) is 0 Å². The summed E-state index contributed by atoms with van der Waals surface area (Å²) >= 11 is 15.0. The lowest BCUT2D eigenvalue weighted by molar-refractivity contribution is -0.113. The van der Waals surface area contributed by atoms with Gasteiger partial charge in [0.05, 0.1) is 23.4 Å². The van der Waals surface area contributed by atoms with Gasteiger partial charge < -0.3 is 19.4 Å². The molecule has 0 radical (unpaired) electrons. The summed E-state index contributed by atoms with van der Waals surface area (Å²) in [6, 6.07) is 5.00. The van der Waals surface area contributed by atoms with E-state index in [9.17, 15) is 9.59 Å². The number of anilines is 1. The van der Waals surface area contributed by atoms with Crippen molar-refractivity contribution in [3.63, 3.8) is 0 Å². The molecule has 0 atom stereocenters. The van der Waals surface area contributed by atoms with E-state index in [1.54, 1.807) is 18.2 Å². The summed E-state index contributed by atoms with van der Waals surface area (Å²) in [5, 5.41) is 13.5. The Hall–Kier alpha value is -2.27. The fourth-order valence-corrected chi connectivity index (χ4v) is 6.65. The van der Waals surface area contributed by atoms with E-state index in [1.165, 1.54) is 41.5 Å². The first-order valence-electron chi connectivity index (χ1n) is 12.1. The second-order valence-electron chi connectivity index (χ2n) is 8.46. The number of hydrogen-bond acceptors (Lipinski definition) is 8. The van der Waals surface area contributed by atoms with Crippen LogP contribution in [0.3, 0.4) is 0 Å². The summed E-state index contributed by atoms with van der Waals surface area (Å²) in [5.41, 5.74) is 1.52. The minimum absolute atomic E-state index is 0.113. The number of esters is 1. The highest BCUT2D eigenvalue weighted by Gasteiger charge is 2.26. The van der Waals surface area contributed by atoms with Gasteiger partial charge in [-0.15, -0.1) is 21.5 Å². The smallest absolute Gasteiger partial charge is 0.341 e. The minimum Gasteiger partial charge on any atom is -0.484 e. The van der Waals surface area contributed by atoms with Gasteiger partial charge in [0.2, 0.25) is 5.91 Å². The number of nitrogens with zero attached hydrogens (tertiary/aromatic N) is 3. The predicted octanol–water partition coefficient (Wildman–Crippen LogP) is 6.42. The van der Waals surface area contributed by atoms with E-state index in [4.69, 9.17) is 32.7 Å². The van der Waals surface area contributed by atoms with Gasteiger partial charge in [0.1, 0.15) is 17.4 Å². The molecule has 12 heteroatoms. The lowest BCUT2D eigenvalue weighted by atomic mass is 9.96. The molecule has 0 saturated heterocycles. The zero-order chi connectivity index (χ0) is 26.4. The maximum absolute atomic E-state index is 12.9. The van der Waals surface area contributed by atoms with Crippen molar-refractivity contribution in [2.24, 2.45) is 0 Å². The predicted molar refractivity (Wildman–Crippen MR) is 147 cm³/mol. The first-order valence-corrected chi connectivity index (χ1v) is 14.6. The molecule has 4 rings (SSSR count). The first kappa shape index (κ1) is 27.8. The van der Waals surface area contributed by atoms with Crippen molar-refractivity contribution in [3.05, 3.63) is 50.1 Å². The molecular formula is C25H28Cl2N4O4S2. The van der Waals surface area contributed by atoms with Gasteiger partial charge >= 0.3 is 5.97 Å². The molecular weight excluding hydrogens is 555 g/mol. The van der Waals surface area contributed by atoms with Crippen LogP contribution in [0.25, 0.3) is 0 Å². The number of fused-ring (bicyclic) bond motifs is 1. The van der Waals surface area contributed by atoms with E-state index < -0.39 is 5.97 Å². The topological polar surface area (TPSA) is 95.3 Å². The second-order valence-corrected chi connectivity index (χ2v) is 11.3. The molecule has 0 fully saturated rings. The summed E-state index contributed by atoms with van der Waals surface area (Å²) in [6.07, 6.45) is 6.18. The number of carbonyl (C=O) groups excluding carboxylic acids is 2. The van der Waals surface area contributed by atoms with Crippen LogP contribution in [0.5, 0.6) is 5.75 Å². The van der Waals surface area contributed by atoms with Gasteiger partial charge in [-0.2, -0.15) is 0 Å². The highest BCUT2D eigenvalue weighted by Crippen LogP contribution is 2.37. The molecule has 0 aliphatic heterocycles. The number of rotatable bonds is 9. The summed E-state index contributed by atoms with van der Waals surface area (Å²) < 4.78 is 12.7. The summed E-state index contributed by atoms with van der Waals surface area (Å²) in [5.74, 6) is 0.546. The van der Waals surface area contributed by atoms with Crippen molar-refractivity contribution in [2.75, 3.05) is 18.2 Å². The van der Waals surface area contributed by atoms with E-state index in [1.807, 2.05) is 11.5 Å². The van der Waals surface area contributed by atoms with Crippen LogP contribution in [0.15, 0.2) is 23.4 Å². The van der Waals surface area contributed by atoms with E-state index >= 15 is 0 Å². The molecule has 0 bridgehead atoms. The van der Waals surface area contributed by atoms with Gasteiger partial charge in [0.15, 0.2) is 11.0 Å². The van der Waals surface area contributed by atoms with Gasteiger partial charge in [-0.1, -0.05) is 47.8 Å². The Labute approximate surface area is 234 Å². The second kappa shape index (κ2) is 13.0. The van der Waals surface area contributed by atoms with E-state index in [0.717, 1.165) is 37.7 Å². The van der Waals surface area contributed by atoms with Gasteiger partial charge in [-0.05, 0) is 50.3 Å². The highest BCUT2D eigenvalue weighted by molar-refractivity contribution is 7.99. The van der Waals surface area contributed by atoms with E-state index in [2.05, 4.69) is 15.5 Å². The van der Waals surface area contributed by atoms with Crippen LogP contribution >= 0.6 is 46.3 Å². The highest BCUT2D eigenvalue weighted by atomic mass is 35.5. The Kier molecular flexibility index (Phi) is 9.75. The molecule has 2 aromatic heterocycles. The molecule has 8 nitrogen and oxygen atoms in total. The molecule has 0 spiro atoms. The number of aromatic nitrogens is 3. The van der Waals surface area contributed by atoms with Gasteiger partial charge in [0.25, 0.3) is 0 Å². The van der Waals surface area contributed by atoms with Crippen LogP contribution in [-0.2, 0) is 35.5 Å². The standard InChI is InChI=1S/C25H28Cl2N4O4S2/c1-3-31-20(13-35-18-12-15(26)10-11-17(18)27)29-30-25(31)36-14-21(32)28-23-22(24(33)34-2)16-8-6-4-5-7-9-19(16)37-23/h10-12H,3-9,13-14H2,1-2H3,(H,28,32). The van der Waals surface area contributed by atoms with Crippen molar-refractivity contribution in [1.82, 2.24) is 14.8 Å². The number of thiophene rings is 1. The SMILES string of the molecule is CCn1c(COc2cc(Cl)ccc2Cl)nnc1SCC(=O)Nc1sc2c(c1C(=O)OC)CCCCCC2. The van der Waals surface area contributed by atoms with Crippen LogP contribution in [0.1, 0.15) is 59.2 Å². The Balaban J connectivity index is 1.42. The first-order chi connectivity index (χ1) is 17.9. The molecule has 0 unspecified atom stereocenters. The fourth-order valence-electron chi connectivity index (χ4n) is 4.20. The van der Waals surface area contributed by atoms with Crippen molar-refractivity contribution >= 4 is 63.2 Å². The molecule has 2 heterocycles. The Morgan fingerprint density at radius 1 is 1.16 bits per heavy atom. The molecule has 3 aromatic rings. The third kappa shape index (κ3) is 6.79. The average molecular weight is 584 g/mol. The molecule has 198 valence electrons. The quantitative estimate of drug-likeness (QED) is 0.229. The molecule has 1 aromatic carbocycles. The van der Waals surface area contributed by atoms with Crippen LogP contribution in [0.2, 0.25) is 10.0 Å².